The van der Waals surface area contributed by atoms with E-state index in [1.807, 2.05) is 0 Å². The van der Waals surface area contributed by atoms with Crippen molar-refractivity contribution in [3.63, 3.8) is 0 Å². The summed E-state index contributed by atoms with van der Waals surface area (Å²) in [5.41, 5.74) is 6.01. The first kappa shape index (κ1) is 12.6. The summed E-state index contributed by atoms with van der Waals surface area (Å²) in [4.78, 5) is 8.94. The van der Waals surface area contributed by atoms with Crippen molar-refractivity contribution in [3.05, 3.63) is 0 Å². The topological polar surface area (TPSA) is 54.1 Å². The zero-order valence-electron chi connectivity index (χ0n) is 10.8. The standard InChI is InChI=1S/C12H24N4O/c1-15-7-8-17-11(10-15)9-14-12(13)16-5-3-2-4-6-16/h11H,2-10H2,1H3,(H2,13,14). The molecule has 2 aliphatic heterocycles. The van der Waals surface area contributed by atoms with Gasteiger partial charge < -0.3 is 20.3 Å². The van der Waals surface area contributed by atoms with Crippen LogP contribution in [0.2, 0.25) is 0 Å². The molecule has 98 valence electrons. The van der Waals surface area contributed by atoms with Crippen molar-refractivity contribution in [1.82, 2.24) is 9.80 Å². The van der Waals surface area contributed by atoms with Crippen molar-refractivity contribution in [2.45, 2.75) is 25.4 Å². The van der Waals surface area contributed by atoms with Crippen LogP contribution in [0.4, 0.5) is 0 Å². The highest BCUT2D eigenvalue weighted by atomic mass is 16.5. The Kier molecular flexibility index (Phi) is 4.62. The molecule has 2 aliphatic rings. The van der Waals surface area contributed by atoms with Gasteiger partial charge in [-0.3, -0.25) is 4.99 Å². The van der Waals surface area contributed by atoms with Crippen molar-refractivity contribution < 1.29 is 4.74 Å². The highest BCUT2D eigenvalue weighted by molar-refractivity contribution is 5.78. The molecule has 0 aromatic heterocycles. The Bertz CT molecular complexity index is 263. The Balaban J connectivity index is 1.78. The molecule has 1 atom stereocenters. The second-order valence-electron chi connectivity index (χ2n) is 5.00. The Morgan fingerprint density at radius 2 is 2.06 bits per heavy atom. The van der Waals surface area contributed by atoms with Crippen LogP contribution in [-0.4, -0.2) is 68.2 Å². The smallest absolute Gasteiger partial charge is 0.191 e. The SMILES string of the molecule is CN1CCOC(CN=C(N)N2CCCCC2)C1. The minimum Gasteiger partial charge on any atom is -0.374 e. The lowest BCUT2D eigenvalue weighted by Crippen LogP contribution is -2.44. The molecule has 2 rings (SSSR count). The fourth-order valence-electron chi connectivity index (χ4n) is 2.40. The molecule has 5 heteroatoms. The van der Waals surface area contributed by atoms with E-state index in [9.17, 15) is 0 Å². The maximum absolute atomic E-state index is 6.01. The molecule has 0 radical (unpaired) electrons. The van der Waals surface area contributed by atoms with Crippen molar-refractivity contribution in [2.24, 2.45) is 10.7 Å². The van der Waals surface area contributed by atoms with Crippen LogP contribution in [0.1, 0.15) is 19.3 Å². The van der Waals surface area contributed by atoms with Gasteiger partial charge in [0.15, 0.2) is 5.96 Å². The first-order chi connectivity index (χ1) is 8.25. The maximum atomic E-state index is 6.01. The molecule has 0 saturated carbocycles. The van der Waals surface area contributed by atoms with E-state index in [-0.39, 0.29) is 6.10 Å². The maximum Gasteiger partial charge on any atom is 0.191 e. The molecule has 0 bridgehead atoms. The lowest BCUT2D eigenvalue weighted by Gasteiger charge is -2.30. The summed E-state index contributed by atoms with van der Waals surface area (Å²) in [5.74, 6) is 0.696. The van der Waals surface area contributed by atoms with E-state index in [1.54, 1.807) is 0 Å². The van der Waals surface area contributed by atoms with Crippen LogP contribution in [0.5, 0.6) is 0 Å². The van der Waals surface area contributed by atoms with Gasteiger partial charge in [0, 0.05) is 26.2 Å². The van der Waals surface area contributed by atoms with Gasteiger partial charge in [-0.2, -0.15) is 0 Å². The second-order valence-corrected chi connectivity index (χ2v) is 5.00. The van der Waals surface area contributed by atoms with E-state index in [1.165, 1.54) is 19.3 Å². The van der Waals surface area contributed by atoms with E-state index < -0.39 is 0 Å². The number of rotatable bonds is 2. The highest BCUT2D eigenvalue weighted by Crippen LogP contribution is 2.08. The molecule has 0 aliphatic carbocycles. The first-order valence-electron chi connectivity index (χ1n) is 6.61. The summed E-state index contributed by atoms with van der Waals surface area (Å²) < 4.78 is 5.66. The molecule has 0 aromatic rings. The van der Waals surface area contributed by atoms with Crippen molar-refractivity contribution in [3.8, 4) is 0 Å². The molecule has 17 heavy (non-hydrogen) atoms. The summed E-state index contributed by atoms with van der Waals surface area (Å²) in [6.07, 6.45) is 4.00. The predicted molar refractivity (Wildman–Crippen MR) is 69.2 cm³/mol. The highest BCUT2D eigenvalue weighted by Gasteiger charge is 2.18. The van der Waals surface area contributed by atoms with E-state index in [2.05, 4.69) is 21.8 Å². The first-order valence-corrected chi connectivity index (χ1v) is 6.61. The third-order valence-corrected chi connectivity index (χ3v) is 3.48. The number of nitrogens with zero attached hydrogens (tertiary/aromatic N) is 3. The van der Waals surface area contributed by atoms with Crippen LogP contribution >= 0.6 is 0 Å². The number of nitrogens with two attached hydrogens (primary N) is 1. The molecule has 0 amide bonds. The quantitative estimate of drug-likeness (QED) is 0.550. The van der Waals surface area contributed by atoms with Gasteiger partial charge >= 0.3 is 0 Å². The Hall–Kier alpha value is -0.810. The van der Waals surface area contributed by atoms with Crippen LogP contribution in [0.3, 0.4) is 0 Å². The van der Waals surface area contributed by atoms with Crippen LogP contribution in [0.25, 0.3) is 0 Å². The van der Waals surface area contributed by atoms with E-state index in [0.29, 0.717) is 12.5 Å². The van der Waals surface area contributed by atoms with Crippen molar-refractivity contribution in [1.29, 1.82) is 0 Å². The molecular weight excluding hydrogens is 216 g/mol. The van der Waals surface area contributed by atoms with Crippen LogP contribution < -0.4 is 5.73 Å². The Morgan fingerprint density at radius 1 is 1.29 bits per heavy atom. The number of hydrogen-bond donors (Lipinski definition) is 1. The lowest BCUT2D eigenvalue weighted by atomic mass is 10.1. The minimum atomic E-state index is 0.206. The number of ether oxygens (including phenoxy) is 1. The predicted octanol–water partition coefficient (Wildman–Crippen LogP) is 0.118. The van der Waals surface area contributed by atoms with Gasteiger partial charge in [0.05, 0.1) is 19.3 Å². The van der Waals surface area contributed by atoms with Crippen molar-refractivity contribution in [2.75, 3.05) is 46.4 Å². The van der Waals surface area contributed by atoms with Gasteiger partial charge in [-0.05, 0) is 26.3 Å². The van der Waals surface area contributed by atoms with Gasteiger partial charge in [-0.1, -0.05) is 0 Å². The van der Waals surface area contributed by atoms with E-state index >= 15 is 0 Å². The average molecular weight is 240 g/mol. The molecule has 0 spiro atoms. The lowest BCUT2D eigenvalue weighted by molar-refractivity contribution is -0.0137. The Morgan fingerprint density at radius 3 is 2.76 bits per heavy atom. The molecule has 2 heterocycles. The average Bonchev–Trinajstić information content (AvgIpc) is 2.37. The summed E-state index contributed by atoms with van der Waals surface area (Å²) in [6.45, 7) is 5.58. The monoisotopic (exact) mass is 240 g/mol. The summed E-state index contributed by atoms with van der Waals surface area (Å²) in [5, 5.41) is 0. The van der Waals surface area contributed by atoms with Gasteiger partial charge in [0.25, 0.3) is 0 Å². The number of likely N-dealkylation sites (tertiary alicyclic amines) is 1. The van der Waals surface area contributed by atoms with Crippen LogP contribution in [0.15, 0.2) is 4.99 Å². The molecule has 2 N–H and O–H groups in total. The summed E-state index contributed by atoms with van der Waals surface area (Å²) >= 11 is 0. The molecular formula is C12H24N4O. The van der Waals surface area contributed by atoms with Gasteiger partial charge in [0.1, 0.15) is 0 Å². The minimum absolute atomic E-state index is 0.206. The van der Waals surface area contributed by atoms with E-state index in [0.717, 1.165) is 32.8 Å². The fourth-order valence-corrected chi connectivity index (χ4v) is 2.40. The second kappa shape index (κ2) is 6.21. The van der Waals surface area contributed by atoms with E-state index in [4.69, 9.17) is 10.5 Å². The van der Waals surface area contributed by atoms with Crippen LogP contribution in [0, 0.1) is 0 Å². The number of aliphatic imine (C=N–C) groups is 1. The normalized spacial score (nSPS) is 28.4. The van der Waals surface area contributed by atoms with Crippen LogP contribution in [-0.2, 0) is 4.74 Å². The third-order valence-electron chi connectivity index (χ3n) is 3.48. The number of guanidine groups is 1. The molecule has 2 fully saturated rings. The molecule has 1 unspecified atom stereocenters. The number of hydrogen-bond acceptors (Lipinski definition) is 3. The largest absolute Gasteiger partial charge is 0.374 e. The fraction of sp³-hybridized carbons (Fsp3) is 0.917. The summed E-state index contributed by atoms with van der Waals surface area (Å²) in [7, 11) is 2.12. The number of likely N-dealkylation sites (N-methyl/N-ethyl adjacent to an activating group) is 1. The Labute approximate surface area is 104 Å². The van der Waals surface area contributed by atoms with Crippen molar-refractivity contribution >= 4 is 5.96 Å². The molecule has 2 saturated heterocycles. The number of morpholine rings is 1. The molecule has 0 aromatic carbocycles. The summed E-state index contributed by atoms with van der Waals surface area (Å²) in [6, 6.07) is 0. The molecule has 5 nitrogen and oxygen atoms in total. The zero-order valence-corrected chi connectivity index (χ0v) is 10.8. The van der Waals surface area contributed by atoms with Gasteiger partial charge in [-0.15, -0.1) is 0 Å². The van der Waals surface area contributed by atoms with Gasteiger partial charge in [-0.25, -0.2) is 0 Å². The van der Waals surface area contributed by atoms with Gasteiger partial charge in [0.2, 0.25) is 0 Å². The third kappa shape index (κ3) is 3.85. The number of piperidine rings is 1. The zero-order chi connectivity index (χ0) is 12.1.